The number of likely N-dealkylation sites (tertiary alicyclic amines) is 1. The third-order valence-electron chi connectivity index (χ3n) is 6.27. The zero-order valence-corrected chi connectivity index (χ0v) is 20.9. The van der Waals surface area contributed by atoms with Crippen molar-refractivity contribution in [2.75, 3.05) is 26.8 Å². The van der Waals surface area contributed by atoms with E-state index in [1.807, 2.05) is 42.5 Å². The van der Waals surface area contributed by atoms with Crippen LogP contribution in [0, 0.1) is 5.92 Å². The Morgan fingerprint density at radius 2 is 1.78 bits per heavy atom. The Kier molecular flexibility index (Phi) is 8.73. The smallest absolute Gasteiger partial charge is 0.310 e. The molecule has 1 aliphatic rings. The number of carbonyl (C=O) groups is 2. The van der Waals surface area contributed by atoms with Gasteiger partial charge >= 0.3 is 5.97 Å². The van der Waals surface area contributed by atoms with E-state index in [0.29, 0.717) is 45.2 Å². The minimum Gasteiger partial charge on any atom is -0.497 e. The van der Waals surface area contributed by atoms with E-state index in [4.69, 9.17) is 13.9 Å². The molecule has 0 radical (unpaired) electrons. The molecule has 1 atom stereocenters. The van der Waals surface area contributed by atoms with Gasteiger partial charge in [-0.15, -0.1) is 0 Å². The van der Waals surface area contributed by atoms with Crippen molar-refractivity contribution in [1.82, 2.24) is 14.8 Å². The number of rotatable bonds is 10. The number of amides is 1. The highest BCUT2D eigenvalue weighted by molar-refractivity contribution is 5.92. The molecule has 190 valence electrons. The molecule has 1 fully saturated rings. The van der Waals surface area contributed by atoms with Crippen LogP contribution in [0.1, 0.15) is 47.3 Å². The molecule has 8 nitrogen and oxygen atoms in total. The van der Waals surface area contributed by atoms with Crippen molar-refractivity contribution < 1.29 is 23.5 Å². The molecule has 1 amide bonds. The van der Waals surface area contributed by atoms with Crippen LogP contribution in [0.15, 0.2) is 65.3 Å². The van der Waals surface area contributed by atoms with Gasteiger partial charge in [0.15, 0.2) is 5.69 Å². The van der Waals surface area contributed by atoms with E-state index in [1.165, 1.54) is 11.8 Å². The maximum Gasteiger partial charge on any atom is 0.310 e. The average molecular weight is 492 g/mol. The number of esters is 1. The van der Waals surface area contributed by atoms with Crippen LogP contribution >= 0.6 is 0 Å². The molecule has 1 aromatic heterocycles. The van der Waals surface area contributed by atoms with Gasteiger partial charge in [-0.25, -0.2) is 4.98 Å². The molecule has 1 saturated heterocycles. The van der Waals surface area contributed by atoms with Gasteiger partial charge in [0.1, 0.15) is 12.0 Å². The second-order valence-electron chi connectivity index (χ2n) is 8.95. The van der Waals surface area contributed by atoms with Crippen LogP contribution in [0.2, 0.25) is 0 Å². The Balaban J connectivity index is 1.44. The Hall–Kier alpha value is -3.65. The fraction of sp³-hybridized carbons (Fsp3) is 0.393. The van der Waals surface area contributed by atoms with Crippen molar-refractivity contribution in [3.63, 3.8) is 0 Å². The maximum atomic E-state index is 13.1. The van der Waals surface area contributed by atoms with E-state index < -0.39 is 0 Å². The predicted molar refractivity (Wildman–Crippen MR) is 134 cm³/mol. The zero-order chi connectivity index (χ0) is 25.3. The summed E-state index contributed by atoms with van der Waals surface area (Å²) in [5.74, 6) is 0.531. The van der Waals surface area contributed by atoms with Crippen LogP contribution in [0.5, 0.6) is 5.75 Å². The lowest BCUT2D eigenvalue weighted by atomic mass is 9.98. The Morgan fingerprint density at radius 1 is 1.06 bits per heavy atom. The summed E-state index contributed by atoms with van der Waals surface area (Å²) in [7, 11) is 1.65. The average Bonchev–Trinajstić information content (AvgIpc) is 3.38. The van der Waals surface area contributed by atoms with Gasteiger partial charge in [0, 0.05) is 26.2 Å². The molecule has 1 aliphatic heterocycles. The van der Waals surface area contributed by atoms with Crippen LogP contribution in [0.25, 0.3) is 0 Å². The molecule has 36 heavy (non-hydrogen) atoms. The summed E-state index contributed by atoms with van der Waals surface area (Å²) >= 11 is 0. The number of benzene rings is 2. The van der Waals surface area contributed by atoms with E-state index in [9.17, 15) is 9.59 Å². The van der Waals surface area contributed by atoms with Gasteiger partial charge in [-0.1, -0.05) is 42.5 Å². The first-order valence-corrected chi connectivity index (χ1v) is 12.3. The summed E-state index contributed by atoms with van der Waals surface area (Å²) in [5.41, 5.74) is 2.57. The molecule has 2 aromatic carbocycles. The number of hydrogen-bond donors (Lipinski definition) is 0. The normalized spacial score (nSPS) is 15.6. The zero-order valence-electron chi connectivity index (χ0n) is 20.9. The van der Waals surface area contributed by atoms with E-state index in [-0.39, 0.29) is 23.5 Å². The molecule has 3 aromatic rings. The van der Waals surface area contributed by atoms with Crippen LogP contribution < -0.4 is 4.74 Å². The second kappa shape index (κ2) is 12.4. The molecular formula is C28H33N3O5. The standard InChI is InChI=1S/C28H33N3O5/c1-3-35-28(33)23-10-7-15-31(18-23)27(32)25-20-36-26(29-25)19-30(16-21-8-5-4-6-9-21)17-22-11-13-24(34-2)14-12-22/h4-6,8-9,11-14,20,23H,3,7,10,15-19H2,1-2H3/t23-/m0/s1. The largest absolute Gasteiger partial charge is 0.497 e. The van der Waals surface area contributed by atoms with Gasteiger partial charge in [-0.3, -0.25) is 14.5 Å². The molecule has 4 rings (SSSR count). The predicted octanol–water partition coefficient (Wildman–Crippen LogP) is 4.30. The number of oxazole rings is 1. The Morgan fingerprint density at radius 3 is 2.47 bits per heavy atom. The number of nitrogens with zero attached hydrogens (tertiary/aromatic N) is 3. The number of piperidine rings is 1. The summed E-state index contributed by atoms with van der Waals surface area (Å²) in [5, 5.41) is 0. The van der Waals surface area contributed by atoms with Gasteiger partial charge < -0.3 is 18.8 Å². The monoisotopic (exact) mass is 491 g/mol. The van der Waals surface area contributed by atoms with Crippen molar-refractivity contribution in [1.29, 1.82) is 0 Å². The highest BCUT2D eigenvalue weighted by atomic mass is 16.5. The molecule has 0 N–H and O–H groups in total. The maximum absolute atomic E-state index is 13.1. The van der Waals surface area contributed by atoms with Gasteiger partial charge in [0.25, 0.3) is 5.91 Å². The number of methoxy groups -OCH3 is 1. The van der Waals surface area contributed by atoms with Crippen molar-refractivity contribution in [2.45, 2.75) is 39.4 Å². The lowest BCUT2D eigenvalue weighted by molar-refractivity contribution is -0.149. The van der Waals surface area contributed by atoms with Crippen LogP contribution in [-0.2, 0) is 29.2 Å². The molecule has 0 unspecified atom stereocenters. The summed E-state index contributed by atoms with van der Waals surface area (Å²) in [6.07, 6.45) is 2.90. The SMILES string of the molecule is CCOC(=O)[C@H]1CCCN(C(=O)c2coc(CN(Cc3ccccc3)Cc3ccc(OC)cc3)n2)C1. The van der Waals surface area contributed by atoms with Gasteiger partial charge in [-0.2, -0.15) is 0 Å². The van der Waals surface area contributed by atoms with Crippen molar-refractivity contribution in [2.24, 2.45) is 5.92 Å². The molecule has 0 aliphatic carbocycles. The summed E-state index contributed by atoms with van der Waals surface area (Å²) in [6, 6.07) is 18.2. The molecule has 2 heterocycles. The Bertz CT molecular complexity index is 1130. The van der Waals surface area contributed by atoms with Crippen LogP contribution in [0.4, 0.5) is 0 Å². The van der Waals surface area contributed by atoms with Crippen molar-refractivity contribution in [3.8, 4) is 5.75 Å². The van der Waals surface area contributed by atoms with Gasteiger partial charge in [0.2, 0.25) is 5.89 Å². The van der Waals surface area contributed by atoms with E-state index in [2.05, 4.69) is 22.0 Å². The molecule has 8 heteroatoms. The third-order valence-corrected chi connectivity index (χ3v) is 6.27. The first-order chi connectivity index (χ1) is 17.6. The van der Waals surface area contributed by atoms with Crippen LogP contribution in [-0.4, -0.2) is 53.5 Å². The van der Waals surface area contributed by atoms with Crippen LogP contribution in [0.3, 0.4) is 0 Å². The second-order valence-corrected chi connectivity index (χ2v) is 8.95. The number of ether oxygens (including phenoxy) is 2. The Labute approximate surface area is 211 Å². The topological polar surface area (TPSA) is 85.1 Å². The van der Waals surface area contributed by atoms with Gasteiger partial charge in [-0.05, 0) is 43.0 Å². The van der Waals surface area contributed by atoms with E-state index in [1.54, 1.807) is 18.9 Å². The van der Waals surface area contributed by atoms with E-state index in [0.717, 1.165) is 24.2 Å². The lowest BCUT2D eigenvalue weighted by Gasteiger charge is -2.30. The highest BCUT2D eigenvalue weighted by Gasteiger charge is 2.31. The summed E-state index contributed by atoms with van der Waals surface area (Å²) < 4.78 is 16.1. The summed E-state index contributed by atoms with van der Waals surface area (Å²) in [4.78, 5) is 33.6. The number of aromatic nitrogens is 1. The summed E-state index contributed by atoms with van der Waals surface area (Å²) in [6.45, 7) is 4.89. The highest BCUT2D eigenvalue weighted by Crippen LogP contribution is 2.21. The molecule has 0 bridgehead atoms. The quantitative estimate of drug-likeness (QED) is 0.391. The van der Waals surface area contributed by atoms with Crippen molar-refractivity contribution in [3.05, 3.63) is 83.6 Å². The van der Waals surface area contributed by atoms with Gasteiger partial charge in [0.05, 0.1) is 26.2 Å². The van der Waals surface area contributed by atoms with E-state index >= 15 is 0 Å². The third kappa shape index (κ3) is 6.73. The minimum absolute atomic E-state index is 0.219. The minimum atomic E-state index is -0.292. The first-order valence-electron chi connectivity index (χ1n) is 12.3. The fourth-order valence-corrected chi connectivity index (χ4v) is 4.45. The lowest BCUT2D eigenvalue weighted by Crippen LogP contribution is -2.43. The molecular weight excluding hydrogens is 458 g/mol. The van der Waals surface area contributed by atoms with Crippen molar-refractivity contribution >= 4 is 11.9 Å². The molecule has 0 spiro atoms. The first kappa shape index (κ1) is 25.4. The number of hydrogen-bond acceptors (Lipinski definition) is 7. The fourth-order valence-electron chi connectivity index (χ4n) is 4.45. The number of carbonyl (C=O) groups excluding carboxylic acids is 2. The molecule has 0 saturated carbocycles.